The van der Waals surface area contributed by atoms with Gasteiger partial charge in [-0.15, -0.1) is 0 Å². The third-order valence-electron chi connectivity index (χ3n) is 4.09. The van der Waals surface area contributed by atoms with Crippen LogP contribution in [-0.2, 0) is 11.3 Å². The van der Waals surface area contributed by atoms with Crippen molar-refractivity contribution in [1.82, 2.24) is 9.80 Å². The van der Waals surface area contributed by atoms with Crippen LogP contribution in [0.25, 0.3) is 0 Å². The van der Waals surface area contributed by atoms with Gasteiger partial charge in [-0.25, -0.2) is 4.39 Å². The highest BCUT2D eigenvalue weighted by Crippen LogP contribution is 2.25. The fourth-order valence-electron chi connectivity index (χ4n) is 2.75. The molecule has 1 aromatic carbocycles. The summed E-state index contributed by atoms with van der Waals surface area (Å²) >= 11 is 0. The quantitative estimate of drug-likeness (QED) is 0.897. The normalized spacial score (nSPS) is 22.9. The highest BCUT2D eigenvalue weighted by atomic mass is 19.1. The van der Waals surface area contributed by atoms with E-state index in [1.54, 1.807) is 23.1 Å². The summed E-state index contributed by atoms with van der Waals surface area (Å²) in [6, 6.07) is 6.45. The maximum Gasteiger partial charge on any atom is 0.256 e. The first-order valence-corrected chi connectivity index (χ1v) is 7.40. The zero-order chi connectivity index (χ0) is 15.5. The van der Waals surface area contributed by atoms with Crippen LogP contribution in [0.4, 0.5) is 4.39 Å². The molecule has 1 atom stereocenters. The van der Waals surface area contributed by atoms with Crippen LogP contribution >= 0.6 is 0 Å². The molecule has 21 heavy (non-hydrogen) atoms. The molecule has 1 N–H and O–H groups in total. The van der Waals surface area contributed by atoms with Crippen LogP contribution in [0.15, 0.2) is 24.3 Å². The third kappa shape index (κ3) is 3.60. The summed E-state index contributed by atoms with van der Waals surface area (Å²) in [5, 5.41) is 10.6. The number of likely N-dealkylation sites (tertiary alicyclic amines) is 1. The second-order valence-electron chi connectivity index (χ2n) is 5.78. The summed E-state index contributed by atoms with van der Waals surface area (Å²) in [6.45, 7) is 3.84. The summed E-state index contributed by atoms with van der Waals surface area (Å²) in [5.41, 5.74) is -0.868. The van der Waals surface area contributed by atoms with Gasteiger partial charge in [0.2, 0.25) is 0 Å². The lowest BCUT2D eigenvalue weighted by Crippen LogP contribution is -2.57. The van der Waals surface area contributed by atoms with Crippen molar-refractivity contribution in [3.8, 4) is 0 Å². The van der Waals surface area contributed by atoms with Gasteiger partial charge in [0.1, 0.15) is 5.82 Å². The number of aliphatic hydroxyl groups is 1. The lowest BCUT2D eigenvalue weighted by Gasteiger charge is -2.40. The molecule has 1 aromatic rings. The number of halogens is 1. The van der Waals surface area contributed by atoms with Crippen LogP contribution in [0.2, 0.25) is 0 Å². The number of hydrogen-bond donors (Lipinski definition) is 1. The molecule has 0 bridgehead atoms. The van der Waals surface area contributed by atoms with Gasteiger partial charge in [-0.05, 0) is 32.5 Å². The average molecular weight is 294 g/mol. The van der Waals surface area contributed by atoms with E-state index in [4.69, 9.17) is 0 Å². The molecule has 2 rings (SSSR count). The fourth-order valence-corrected chi connectivity index (χ4v) is 2.75. The molecule has 0 saturated carbocycles. The van der Waals surface area contributed by atoms with E-state index >= 15 is 0 Å². The standard InChI is InChI=1S/C16H23FN2O2/c1-3-18(2)12-16(21)9-6-10-19(15(16)20)11-13-7-4-5-8-14(13)17/h4-5,7-8,21H,3,6,9-12H2,1-2H3/t16-/m0/s1. The number of amides is 1. The van der Waals surface area contributed by atoms with Crippen LogP contribution < -0.4 is 0 Å². The van der Waals surface area contributed by atoms with Crippen molar-refractivity contribution in [2.75, 3.05) is 26.7 Å². The molecule has 1 heterocycles. The number of benzene rings is 1. The molecule has 1 amide bonds. The number of carbonyl (C=O) groups excluding carboxylic acids is 1. The summed E-state index contributed by atoms with van der Waals surface area (Å²) in [6.07, 6.45) is 1.19. The van der Waals surface area contributed by atoms with Gasteiger partial charge in [-0.3, -0.25) is 4.79 Å². The Balaban J connectivity index is 2.11. The predicted octanol–water partition coefficient (Wildman–Crippen LogP) is 1.63. The van der Waals surface area contributed by atoms with Crippen molar-refractivity contribution < 1.29 is 14.3 Å². The number of carbonyl (C=O) groups is 1. The molecule has 5 heteroatoms. The summed E-state index contributed by atoms with van der Waals surface area (Å²) < 4.78 is 13.7. The Bertz CT molecular complexity index is 509. The highest BCUT2D eigenvalue weighted by Gasteiger charge is 2.42. The van der Waals surface area contributed by atoms with Crippen LogP contribution in [-0.4, -0.2) is 53.1 Å². The van der Waals surface area contributed by atoms with Gasteiger partial charge >= 0.3 is 0 Å². The average Bonchev–Trinajstić information content (AvgIpc) is 2.46. The van der Waals surface area contributed by atoms with Crippen LogP contribution in [0.5, 0.6) is 0 Å². The Morgan fingerprint density at radius 2 is 2.14 bits per heavy atom. The van der Waals surface area contributed by atoms with E-state index in [9.17, 15) is 14.3 Å². The van der Waals surface area contributed by atoms with E-state index in [1.807, 2.05) is 18.9 Å². The molecule has 1 aliphatic heterocycles. The fraction of sp³-hybridized carbons (Fsp3) is 0.562. The Morgan fingerprint density at radius 1 is 1.43 bits per heavy atom. The molecule has 1 fully saturated rings. The molecule has 0 aliphatic carbocycles. The van der Waals surface area contributed by atoms with E-state index in [0.29, 0.717) is 25.1 Å². The van der Waals surface area contributed by atoms with Crippen molar-refractivity contribution >= 4 is 5.91 Å². The topological polar surface area (TPSA) is 43.8 Å². The molecule has 4 nitrogen and oxygen atoms in total. The lowest BCUT2D eigenvalue weighted by molar-refractivity contribution is -0.159. The molecule has 0 radical (unpaired) electrons. The Hall–Kier alpha value is -1.46. The first-order chi connectivity index (χ1) is 9.96. The summed E-state index contributed by atoms with van der Waals surface area (Å²) in [4.78, 5) is 16.0. The smallest absolute Gasteiger partial charge is 0.256 e. The number of rotatable bonds is 5. The monoisotopic (exact) mass is 294 g/mol. The summed E-state index contributed by atoms with van der Waals surface area (Å²) in [5.74, 6) is -0.609. The van der Waals surface area contributed by atoms with E-state index in [0.717, 1.165) is 13.0 Å². The van der Waals surface area contributed by atoms with Crippen molar-refractivity contribution in [1.29, 1.82) is 0 Å². The molecule has 0 spiro atoms. The zero-order valence-corrected chi connectivity index (χ0v) is 12.7. The first kappa shape index (κ1) is 15.9. The van der Waals surface area contributed by atoms with E-state index in [-0.39, 0.29) is 18.3 Å². The van der Waals surface area contributed by atoms with Crippen molar-refractivity contribution in [2.24, 2.45) is 0 Å². The van der Waals surface area contributed by atoms with Crippen molar-refractivity contribution in [3.05, 3.63) is 35.6 Å². The minimum Gasteiger partial charge on any atom is -0.379 e. The largest absolute Gasteiger partial charge is 0.379 e. The number of piperidine rings is 1. The predicted molar refractivity (Wildman–Crippen MR) is 79.2 cm³/mol. The Morgan fingerprint density at radius 3 is 2.81 bits per heavy atom. The second-order valence-corrected chi connectivity index (χ2v) is 5.78. The first-order valence-electron chi connectivity index (χ1n) is 7.40. The van der Waals surface area contributed by atoms with Gasteiger partial charge in [0.05, 0.1) is 0 Å². The lowest BCUT2D eigenvalue weighted by atomic mass is 9.91. The van der Waals surface area contributed by atoms with Crippen LogP contribution in [0.3, 0.4) is 0 Å². The minimum atomic E-state index is -1.35. The van der Waals surface area contributed by atoms with Crippen LogP contribution in [0.1, 0.15) is 25.3 Å². The van der Waals surface area contributed by atoms with Gasteiger partial charge < -0.3 is 14.9 Å². The Kier molecular flexibility index (Phi) is 4.96. The molecule has 1 aliphatic rings. The van der Waals surface area contributed by atoms with Gasteiger partial charge in [-0.1, -0.05) is 25.1 Å². The van der Waals surface area contributed by atoms with Crippen LogP contribution in [0, 0.1) is 5.82 Å². The van der Waals surface area contributed by atoms with Gasteiger partial charge in [0, 0.05) is 25.2 Å². The molecule has 0 unspecified atom stereocenters. The third-order valence-corrected chi connectivity index (χ3v) is 4.09. The molecule has 116 valence electrons. The SMILES string of the molecule is CCN(C)C[C@@]1(O)CCCN(Cc2ccccc2F)C1=O. The molecule has 0 aromatic heterocycles. The summed E-state index contributed by atoms with van der Waals surface area (Å²) in [7, 11) is 1.88. The molecule has 1 saturated heterocycles. The van der Waals surface area contributed by atoms with Gasteiger partial charge in [-0.2, -0.15) is 0 Å². The number of likely N-dealkylation sites (N-methyl/N-ethyl adjacent to an activating group) is 1. The van der Waals surface area contributed by atoms with E-state index < -0.39 is 5.60 Å². The van der Waals surface area contributed by atoms with E-state index in [2.05, 4.69) is 0 Å². The van der Waals surface area contributed by atoms with Crippen molar-refractivity contribution in [3.63, 3.8) is 0 Å². The van der Waals surface area contributed by atoms with Gasteiger partial charge in [0.15, 0.2) is 5.60 Å². The van der Waals surface area contributed by atoms with E-state index in [1.165, 1.54) is 6.07 Å². The second kappa shape index (κ2) is 6.54. The molecular weight excluding hydrogens is 271 g/mol. The number of hydrogen-bond acceptors (Lipinski definition) is 3. The maximum atomic E-state index is 13.7. The highest BCUT2D eigenvalue weighted by molar-refractivity contribution is 5.86. The molecular formula is C16H23FN2O2. The Labute approximate surface area is 125 Å². The zero-order valence-electron chi connectivity index (χ0n) is 12.7. The van der Waals surface area contributed by atoms with Crippen molar-refractivity contribution in [2.45, 2.75) is 31.9 Å². The maximum absolute atomic E-state index is 13.7. The number of nitrogens with zero attached hydrogens (tertiary/aromatic N) is 2. The van der Waals surface area contributed by atoms with Gasteiger partial charge in [0.25, 0.3) is 5.91 Å². The minimum absolute atomic E-state index is 0.212.